The van der Waals surface area contributed by atoms with Gasteiger partial charge in [0.25, 0.3) is 5.91 Å². The Hall–Kier alpha value is -2.32. The van der Waals surface area contributed by atoms with E-state index in [4.69, 9.17) is 17.0 Å². The summed E-state index contributed by atoms with van der Waals surface area (Å²) in [6.45, 7) is 5.60. The maximum Gasteiger partial charge on any atom is 0.337 e. The highest BCUT2D eigenvalue weighted by atomic mass is 32.2. The maximum absolute atomic E-state index is 12.2. The Kier molecular flexibility index (Phi) is 5.57. The first-order valence-corrected chi connectivity index (χ1v) is 9.84. The first-order chi connectivity index (χ1) is 12.9. The van der Waals surface area contributed by atoms with Crippen molar-refractivity contribution in [2.24, 2.45) is 0 Å². The molecule has 0 bridgehead atoms. The second-order valence-electron chi connectivity index (χ2n) is 5.97. The Bertz CT molecular complexity index is 879. The number of methoxy groups -OCH3 is 1. The largest absolute Gasteiger partial charge is 0.465 e. The molecule has 0 spiro atoms. The van der Waals surface area contributed by atoms with Crippen LogP contribution in [-0.2, 0) is 9.53 Å². The highest BCUT2D eigenvalue weighted by Crippen LogP contribution is 2.42. The zero-order valence-corrected chi connectivity index (χ0v) is 17.3. The summed E-state index contributed by atoms with van der Waals surface area (Å²) in [4.78, 5) is 30.5. The third-order valence-corrected chi connectivity index (χ3v) is 6.04. The molecule has 0 N–H and O–H groups in total. The fraction of sp³-hybridized carbons (Fsp3) is 0.316. The molecule has 1 aromatic carbocycles. The van der Waals surface area contributed by atoms with Gasteiger partial charge in [0, 0.05) is 20.1 Å². The number of carbonyl (C=O) groups is 2. The average Bonchev–Trinajstić information content (AvgIpc) is 3.12. The van der Waals surface area contributed by atoms with Crippen molar-refractivity contribution in [1.29, 1.82) is 0 Å². The van der Waals surface area contributed by atoms with Crippen LogP contribution in [0.2, 0.25) is 0 Å². The highest BCUT2D eigenvalue weighted by molar-refractivity contribution is 8.26. The summed E-state index contributed by atoms with van der Waals surface area (Å²) in [7, 11) is 3.06. The van der Waals surface area contributed by atoms with E-state index < -0.39 is 0 Å². The van der Waals surface area contributed by atoms with Gasteiger partial charge < -0.3 is 14.5 Å². The molecule has 1 aromatic rings. The number of thiocarbonyl (C=S) groups is 1. The molecule has 0 saturated carbocycles. The van der Waals surface area contributed by atoms with Crippen LogP contribution in [0.4, 0.5) is 11.4 Å². The molecule has 27 heavy (non-hydrogen) atoms. The van der Waals surface area contributed by atoms with Crippen molar-refractivity contribution in [2.75, 3.05) is 37.0 Å². The number of carbonyl (C=O) groups excluding carboxylic acids is 2. The van der Waals surface area contributed by atoms with E-state index in [2.05, 4.69) is 16.7 Å². The van der Waals surface area contributed by atoms with Crippen LogP contribution in [0.3, 0.4) is 0 Å². The van der Waals surface area contributed by atoms with Gasteiger partial charge in [0.05, 0.1) is 29.0 Å². The highest BCUT2D eigenvalue weighted by Gasteiger charge is 2.31. The van der Waals surface area contributed by atoms with Crippen LogP contribution in [0.1, 0.15) is 24.2 Å². The van der Waals surface area contributed by atoms with Crippen LogP contribution < -0.4 is 9.80 Å². The standard InChI is InChI=1S/C19H21N3O3S2/c1-5-21-13-8-7-12(18(24)25-4)11-14(13)22(6-2)16(21)10-9-15-17(23)20(3)19(26)27-15/h7-11H,5-6H2,1-4H3/b15-9+,16-10+. The average molecular weight is 404 g/mol. The molecule has 0 atom stereocenters. The van der Waals surface area contributed by atoms with Gasteiger partial charge in [0.15, 0.2) is 0 Å². The van der Waals surface area contributed by atoms with Crippen LogP contribution in [-0.4, -0.2) is 48.3 Å². The third-order valence-electron chi connectivity index (χ3n) is 4.53. The van der Waals surface area contributed by atoms with Crippen molar-refractivity contribution in [2.45, 2.75) is 13.8 Å². The second kappa shape index (κ2) is 7.74. The summed E-state index contributed by atoms with van der Waals surface area (Å²) in [6.07, 6.45) is 3.75. The number of likely N-dealkylation sites (N-methyl/N-ethyl adjacent to an activating group) is 1. The number of nitrogens with zero attached hydrogens (tertiary/aromatic N) is 3. The molecule has 2 aliphatic rings. The van der Waals surface area contributed by atoms with Gasteiger partial charge >= 0.3 is 5.97 Å². The van der Waals surface area contributed by atoms with Gasteiger partial charge in [-0.2, -0.15) is 0 Å². The normalized spacial score (nSPS) is 19.5. The summed E-state index contributed by atoms with van der Waals surface area (Å²) in [5.41, 5.74) is 2.48. The number of ether oxygens (including phenoxy) is 1. The SMILES string of the molecule is CCN1/C(=C\C=C2\SC(=S)N(C)C2=O)N(CC)c2cc(C(=O)OC)ccc21. The minimum absolute atomic E-state index is 0.0866. The predicted molar refractivity (Wildman–Crippen MR) is 113 cm³/mol. The monoisotopic (exact) mass is 403 g/mol. The first kappa shape index (κ1) is 19.4. The number of fused-ring (bicyclic) bond motifs is 1. The number of amides is 1. The van der Waals surface area contributed by atoms with Crippen molar-refractivity contribution >= 4 is 51.6 Å². The third kappa shape index (κ3) is 3.35. The number of hydrogen-bond donors (Lipinski definition) is 0. The first-order valence-electron chi connectivity index (χ1n) is 8.62. The van der Waals surface area contributed by atoms with Crippen molar-refractivity contribution in [3.8, 4) is 0 Å². The van der Waals surface area contributed by atoms with Gasteiger partial charge in [-0.15, -0.1) is 0 Å². The molecule has 1 fully saturated rings. The van der Waals surface area contributed by atoms with E-state index >= 15 is 0 Å². The van der Waals surface area contributed by atoms with Crippen molar-refractivity contribution in [3.05, 3.63) is 46.6 Å². The molecule has 0 radical (unpaired) electrons. The molecule has 1 amide bonds. The summed E-state index contributed by atoms with van der Waals surface area (Å²) < 4.78 is 5.40. The Balaban J connectivity index is 2.02. The Morgan fingerprint density at radius 1 is 1.19 bits per heavy atom. The van der Waals surface area contributed by atoms with E-state index in [1.54, 1.807) is 13.1 Å². The lowest BCUT2D eigenvalue weighted by molar-refractivity contribution is -0.121. The molecule has 2 aliphatic heterocycles. The quantitative estimate of drug-likeness (QED) is 0.434. The lowest BCUT2D eigenvalue weighted by Gasteiger charge is -2.23. The van der Waals surface area contributed by atoms with E-state index in [1.807, 2.05) is 31.2 Å². The number of hydrogen-bond acceptors (Lipinski definition) is 7. The van der Waals surface area contributed by atoms with Crippen molar-refractivity contribution in [1.82, 2.24) is 4.90 Å². The van der Waals surface area contributed by atoms with Gasteiger partial charge in [-0.3, -0.25) is 9.69 Å². The molecule has 142 valence electrons. The summed E-state index contributed by atoms with van der Waals surface area (Å²) in [5.74, 6) is 0.510. The van der Waals surface area contributed by atoms with Gasteiger partial charge in [-0.05, 0) is 44.2 Å². The van der Waals surface area contributed by atoms with Crippen molar-refractivity contribution in [3.63, 3.8) is 0 Å². The molecule has 0 aromatic heterocycles. The van der Waals surface area contributed by atoms with Crippen LogP contribution >= 0.6 is 24.0 Å². The number of esters is 1. The Labute approximate surface area is 168 Å². The fourth-order valence-corrected chi connectivity index (χ4v) is 4.28. The molecule has 2 heterocycles. The van der Waals surface area contributed by atoms with Gasteiger partial charge in [0.1, 0.15) is 10.1 Å². The number of rotatable bonds is 4. The van der Waals surface area contributed by atoms with E-state index in [0.29, 0.717) is 14.8 Å². The molecule has 6 nitrogen and oxygen atoms in total. The van der Waals surface area contributed by atoms with E-state index in [0.717, 1.165) is 30.3 Å². The minimum Gasteiger partial charge on any atom is -0.465 e. The molecule has 3 rings (SSSR count). The van der Waals surface area contributed by atoms with Gasteiger partial charge in [-0.25, -0.2) is 4.79 Å². The Morgan fingerprint density at radius 2 is 1.85 bits per heavy atom. The van der Waals surface area contributed by atoms with Crippen LogP contribution in [0.15, 0.2) is 41.1 Å². The summed E-state index contributed by atoms with van der Waals surface area (Å²) >= 11 is 6.49. The molecular formula is C19H21N3O3S2. The molecule has 0 aliphatic carbocycles. The second-order valence-corrected chi connectivity index (χ2v) is 7.65. The molecule has 8 heteroatoms. The van der Waals surface area contributed by atoms with Gasteiger partial charge in [-0.1, -0.05) is 24.0 Å². The number of thioether (sulfide) groups is 1. The number of allylic oxidation sites excluding steroid dienone is 2. The minimum atomic E-state index is -0.360. The van der Waals surface area contributed by atoms with Gasteiger partial charge in [0.2, 0.25) is 0 Å². The number of benzene rings is 1. The lowest BCUT2D eigenvalue weighted by atomic mass is 10.1. The molecule has 0 unspecified atom stereocenters. The summed E-state index contributed by atoms with van der Waals surface area (Å²) in [6, 6.07) is 5.55. The number of anilines is 2. The van der Waals surface area contributed by atoms with Crippen LogP contribution in [0.25, 0.3) is 0 Å². The zero-order chi connectivity index (χ0) is 19.7. The van der Waals surface area contributed by atoms with E-state index in [1.165, 1.54) is 23.8 Å². The van der Waals surface area contributed by atoms with E-state index in [-0.39, 0.29) is 11.9 Å². The van der Waals surface area contributed by atoms with Crippen LogP contribution in [0.5, 0.6) is 0 Å². The van der Waals surface area contributed by atoms with Crippen LogP contribution in [0, 0.1) is 0 Å². The van der Waals surface area contributed by atoms with E-state index in [9.17, 15) is 9.59 Å². The van der Waals surface area contributed by atoms with Crippen molar-refractivity contribution < 1.29 is 14.3 Å². The lowest BCUT2D eigenvalue weighted by Crippen LogP contribution is -2.28. The maximum atomic E-state index is 12.2. The molecule has 1 saturated heterocycles. The predicted octanol–water partition coefficient (Wildman–Crippen LogP) is 3.35. The topological polar surface area (TPSA) is 53.1 Å². The smallest absolute Gasteiger partial charge is 0.337 e. The zero-order valence-electron chi connectivity index (χ0n) is 15.7. The molecular weight excluding hydrogens is 382 g/mol. The fourth-order valence-electron chi connectivity index (χ4n) is 3.16. The Morgan fingerprint density at radius 3 is 2.41 bits per heavy atom. The summed E-state index contributed by atoms with van der Waals surface area (Å²) in [5, 5.41) is 0.